The molecule has 3 N–H and O–H groups in total. The molecule has 0 aliphatic carbocycles. The highest BCUT2D eigenvalue weighted by molar-refractivity contribution is 5.85. The van der Waals surface area contributed by atoms with Gasteiger partial charge in [0.05, 0.1) is 5.54 Å². The highest BCUT2D eigenvalue weighted by Gasteiger charge is 2.26. The van der Waals surface area contributed by atoms with Crippen LogP contribution in [0, 0.1) is 0 Å². The van der Waals surface area contributed by atoms with Gasteiger partial charge in [0, 0.05) is 6.54 Å². The van der Waals surface area contributed by atoms with E-state index < -0.39 is 5.54 Å². The van der Waals surface area contributed by atoms with Gasteiger partial charge in [0.1, 0.15) is 12.4 Å². The van der Waals surface area contributed by atoms with E-state index in [9.17, 15) is 4.79 Å². The van der Waals surface area contributed by atoms with E-state index in [1.165, 1.54) is 0 Å². The predicted molar refractivity (Wildman–Crippen MR) is 96.6 cm³/mol. The summed E-state index contributed by atoms with van der Waals surface area (Å²) < 4.78 is 5.75. The first-order valence-electron chi connectivity index (χ1n) is 8.34. The largest absolute Gasteiger partial charge is 0.489 e. The van der Waals surface area contributed by atoms with Crippen molar-refractivity contribution >= 4 is 5.91 Å². The highest BCUT2D eigenvalue weighted by Crippen LogP contribution is 2.15. The van der Waals surface area contributed by atoms with Crippen LogP contribution < -0.4 is 15.8 Å². The molecule has 0 bridgehead atoms. The Balaban J connectivity index is 1.82. The van der Waals surface area contributed by atoms with Gasteiger partial charge in [0.25, 0.3) is 0 Å². The zero-order chi connectivity index (χ0) is 17.4. The van der Waals surface area contributed by atoms with Crippen molar-refractivity contribution in [3.8, 4) is 5.75 Å². The first kappa shape index (κ1) is 18.0. The Morgan fingerprint density at radius 2 is 1.75 bits per heavy atom. The fourth-order valence-corrected chi connectivity index (χ4v) is 2.46. The number of hydrogen-bond acceptors (Lipinski definition) is 3. The zero-order valence-electron chi connectivity index (χ0n) is 14.4. The number of ether oxygens (including phenoxy) is 1. The molecule has 4 heteroatoms. The van der Waals surface area contributed by atoms with E-state index in [0.717, 1.165) is 23.3 Å². The van der Waals surface area contributed by atoms with E-state index >= 15 is 0 Å². The molecule has 1 unspecified atom stereocenters. The van der Waals surface area contributed by atoms with Crippen molar-refractivity contribution in [1.29, 1.82) is 0 Å². The molecule has 2 aromatic carbocycles. The third-order valence-electron chi connectivity index (χ3n) is 3.91. The highest BCUT2D eigenvalue weighted by atomic mass is 16.5. The van der Waals surface area contributed by atoms with Gasteiger partial charge in [0.15, 0.2) is 0 Å². The molecule has 1 atom stereocenters. The summed E-state index contributed by atoms with van der Waals surface area (Å²) in [6, 6.07) is 17.8. The summed E-state index contributed by atoms with van der Waals surface area (Å²) in [5.41, 5.74) is 7.36. The lowest BCUT2D eigenvalue weighted by atomic mass is 9.96. The molecule has 0 heterocycles. The molecule has 0 fully saturated rings. The molecule has 2 aromatic rings. The van der Waals surface area contributed by atoms with Crippen LogP contribution in [0.25, 0.3) is 0 Å². The van der Waals surface area contributed by atoms with Gasteiger partial charge in [-0.15, -0.1) is 0 Å². The van der Waals surface area contributed by atoms with E-state index in [2.05, 4.69) is 5.32 Å². The van der Waals surface area contributed by atoms with Crippen LogP contribution in [0.5, 0.6) is 5.75 Å². The van der Waals surface area contributed by atoms with Crippen molar-refractivity contribution in [1.82, 2.24) is 5.32 Å². The van der Waals surface area contributed by atoms with E-state index in [4.69, 9.17) is 10.5 Å². The second-order valence-electron chi connectivity index (χ2n) is 6.27. The molecular weight excluding hydrogens is 300 g/mol. The number of carbonyl (C=O) groups is 1. The summed E-state index contributed by atoms with van der Waals surface area (Å²) in [6.07, 6.45) is 1.55. The predicted octanol–water partition coefficient (Wildman–Crippen LogP) is 3.40. The lowest BCUT2D eigenvalue weighted by Crippen LogP contribution is -2.51. The van der Waals surface area contributed by atoms with Crippen molar-refractivity contribution < 1.29 is 9.53 Å². The van der Waals surface area contributed by atoms with E-state index in [1.54, 1.807) is 6.92 Å². The Kier molecular flexibility index (Phi) is 6.38. The molecule has 0 spiro atoms. The molecule has 0 saturated carbocycles. The number of rotatable bonds is 8. The molecule has 0 saturated heterocycles. The Bertz CT molecular complexity index is 636. The Morgan fingerprint density at radius 3 is 2.38 bits per heavy atom. The molecule has 128 valence electrons. The zero-order valence-corrected chi connectivity index (χ0v) is 14.4. The smallest absolute Gasteiger partial charge is 0.240 e. The van der Waals surface area contributed by atoms with Gasteiger partial charge in [-0.1, -0.05) is 55.8 Å². The van der Waals surface area contributed by atoms with E-state index in [0.29, 0.717) is 19.6 Å². The third kappa shape index (κ3) is 5.39. The van der Waals surface area contributed by atoms with Crippen molar-refractivity contribution in [3.05, 3.63) is 65.7 Å². The molecular formula is C20H26N2O2. The molecule has 0 aliphatic heterocycles. The maximum atomic E-state index is 12.1. The van der Waals surface area contributed by atoms with Crippen LogP contribution in [0.15, 0.2) is 54.6 Å². The molecule has 0 radical (unpaired) electrons. The second-order valence-corrected chi connectivity index (χ2v) is 6.27. The number of nitrogens with one attached hydrogen (secondary N) is 1. The van der Waals surface area contributed by atoms with Gasteiger partial charge in [-0.05, 0) is 36.6 Å². The molecule has 2 rings (SSSR count). The monoisotopic (exact) mass is 326 g/mol. The van der Waals surface area contributed by atoms with Crippen molar-refractivity contribution in [2.75, 3.05) is 0 Å². The Hall–Kier alpha value is -2.33. The van der Waals surface area contributed by atoms with Crippen LogP contribution in [0.4, 0.5) is 0 Å². The maximum absolute atomic E-state index is 12.1. The van der Waals surface area contributed by atoms with Crippen LogP contribution in [-0.4, -0.2) is 11.4 Å². The lowest BCUT2D eigenvalue weighted by Gasteiger charge is -2.22. The van der Waals surface area contributed by atoms with E-state index in [-0.39, 0.29) is 5.91 Å². The number of amides is 1. The minimum Gasteiger partial charge on any atom is -0.489 e. The minimum atomic E-state index is -0.812. The number of nitrogens with two attached hydrogens (primary N) is 1. The standard InChI is InChI=1S/C20H26N2O2/c1-3-13-20(2,21)19(23)22-14-16-9-11-18(12-10-16)24-15-17-7-5-4-6-8-17/h4-12H,3,13-15,21H2,1-2H3,(H,22,23). The quantitative estimate of drug-likeness (QED) is 0.781. The number of benzene rings is 2. The van der Waals surface area contributed by atoms with E-state index in [1.807, 2.05) is 61.5 Å². The second kappa shape index (κ2) is 8.50. The van der Waals surface area contributed by atoms with Crippen LogP contribution in [0.3, 0.4) is 0 Å². The van der Waals surface area contributed by atoms with Gasteiger partial charge in [-0.2, -0.15) is 0 Å². The minimum absolute atomic E-state index is 0.117. The molecule has 0 aromatic heterocycles. The van der Waals surface area contributed by atoms with Crippen LogP contribution in [0.1, 0.15) is 37.8 Å². The maximum Gasteiger partial charge on any atom is 0.240 e. The lowest BCUT2D eigenvalue weighted by molar-refractivity contribution is -0.126. The first-order chi connectivity index (χ1) is 11.5. The summed E-state index contributed by atoms with van der Waals surface area (Å²) in [7, 11) is 0. The first-order valence-corrected chi connectivity index (χ1v) is 8.34. The van der Waals surface area contributed by atoms with Gasteiger partial charge >= 0.3 is 0 Å². The molecule has 4 nitrogen and oxygen atoms in total. The molecule has 0 aliphatic rings. The normalized spacial score (nSPS) is 13.1. The summed E-state index contributed by atoms with van der Waals surface area (Å²) in [5, 5.41) is 2.90. The summed E-state index contributed by atoms with van der Waals surface area (Å²) >= 11 is 0. The Labute approximate surface area is 144 Å². The summed E-state index contributed by atoms with van der Waals surface area (Å²) in [6.45, 7) is 4.80. The fraction of sp³-hybridized carbons (Fsp3) is 0.350. The van der Waals surface area contributed by atoms with Crippen LogP contribution in [0.2, 0.25) is 0 Å². The van der Waals surface area contributed by atoms with Crippen molar-refractivity contribution in [2.24, 2.45) is 5.73 Å². The van der Waals surface area contributed by atoms with Crippen molar-refractivity contribution in [2.45, 2.75) is 45.4 Å². The molecule has 1 amide bonds. The van der Waals surface area contributed by atoms with Gasteiger partial charge in [-0.25, -0.2) is 0 Å². The van der Waals surface area contributed by atoms with Gasteiger partial charge in [-0.3, -0.25) is 4.79 Å². The number of hydrogen-bond donors (Lipinski definition) is 2. The SMILES string of the molecule is CCCC(C)(N)C(=O)NCc1ccc(OCc2ccccc2)cc1. The topological polar surface area (TPSA) is 64.4 Å². The molecule has 24 heavy (non-hydrogen) atoms. The van der Waals surface area contributed by atoms with Gasteiger partial charge < -0.3 is 15.8 Å². The average Bonchev–Trinajstić information content (AvgIpc) is 2.59. The average molecular weight is 326 g/mol. The van der Waals surface area contributed by atoms with Crippen LogP contribution >= 0.6 is 0 Å². The van der Waals surface area contributed by atoms with Gasteiger partial charge in [0.2, 0.25) is 5.91 Å². The fourth-order valence-electron chi connectivity index (χ4n) is 2.46. The number of carbonyl (C=O) groups excluding carboxylic acids is 1. The Morgan fingerprint density at radius 1 is 1.08 bits per heavy atom. The summed E-state index contributed by atoms with van der Waals surface area (Å²) in [4.78, 5) is 12.1. The third-order valence-corrected chi connectivity index (χ3v) is 3.91. The van der Waals surface area contributed by atoms with Crippen molar-refractivity contribution in [3.63, 3.8) is 0 Å². The van der Waals surface area contributed by atoms with Crippen LogP contribution in [-0.2, 0) is 17.9 Å². The summed E-state index contributed by atoms with van der Waals surface area (Å²) in [5.74, 6) is 0.692.